The highest BCUT2D eigenvalue weighted by molar-refractivity contribution is 14.1. The fraction of sp³-hybridized carbons (Fsp3) is 0.231. The summed E-state index contributed by atoms with van der Waals surface area (Å²) in [6.45, 7) is 5.54. The molecule has 8 heteroatoms. The number of nitrogens with one attached hydrogen (secondary N) is 1. The molecule has 0 fully saturated rings. The summed E-state index contributed by atoms with van der Waals surface area (Å²) in [5, 5.41) is 4.10. The lowest BCUT2D eigenvalue weighted by Crippen LogP contribution is -2.17. The second-order valence-corrected chi connectivity index (χ2v) is 9.33. The Kier molecular flexibility index (Phi) is 10.2. The highest BCUT2D eigenvalue weighted by Gasteiger charge is 2.12. The average Bonchev–Trinajstić information content (AvgIpc) is 2.84. The van der Waals surface area contributed by atoms with Gasteiger partial charge < -0.3 is 14.2 Å². The molecule has 0 heterocycles. The maximum absolute atomic E-state index is 12.4. The molecule has 0 saturated carbocycles. The summed E-state index contributed by atoms with van der Waals surface area (Å²) in [4.78, 5) is 12.4. The summed E-state index contributed by atoms with van der Waals surface area (Å²) >= 11 is 5.65. The highest BCUT2D eigenvalue weighted by Crippen LogP contribution is 2.34. The number of hydrogen-bond donors (Lipinski definition) is 1. The molecular weight excluding hydrogens is 611 g/mol. The maximum atomic E-state index is 12.4. The lowest BCUT2D eigenvalue weighted by molar-refractivity contribution is 0.0955. The van der Waals surface area contributed by atoms with Crippen LogP contribution in [0.2, 0.25) is 0 Å². The quantitative estimate of drug-likeness (QED) is 0.147. The minimum Gasteiger partial charge on any atom is -0.494 e. The van der Waals surface area contributed by atoms with Crippen LogP contribution in [0.25, 0.3) is 0 Å². The van der Waals surface area contributed by atoms with E-state index in [1.807, 2.05) is 50.2 Å². The van der Waals surface area contributed by atoms with Gasteiger partial charge in [0.25, 0.3) is 5.91 Å². The summed E-state index contributed by atoms with van der Waals surface area (Å²) in [5.74, 6) is 1.74. The fourth-order valence-electron chi connectivity index (χ4n) is 2.95. The van der Waals surface area contributed by atoms with E-state index in [0.29, 0.717) is 36.9 Å². The van der Waals surface area contributed by atoms with Gasteiger partial charge in [-0.1, -0.05) is 35.0 Å². The molecule has 0 atom stereocenters. The molecular formula is C26H26BrIN2O4. The number of nitrogens with zero attached hydrogens (tertiary/aromatic N) is 1. The lowest BCUT2D eigenvalue weighted by Gasteiger charge is -2.15. The number of hydrazone groups is 1. The monoisotopic (exact) mass is 636 g/mol. The van der Waals surface area contributed by atoms with Crippen molar-refractivity contribution in [3.63, 3.8) is 0 Å². The predicted molar refractivity (Wildman–Crippen MR) is 146 cm³/mol. The number of carbonyl (C=O) groups excluding carboxylic acids is 1. The van der Waals surface area contributed by atoms with E-state index >= 15 is 0 Å². The number of benzene rings is 3. The van der Waals surface area contributed by atoms with E-state index in [1.54, 1.807) is 30.5 Å². The molecule has 3 aromatic rings. The van der Waals surface area contributed by atoms with Crippen molar-refractivity contribution in [2.45, 2.75) is 26.9 Å². The van der Waals surface area contributed by atoms with Gasteiger partial charge in [0.1, 0.15) is 12.4 Å². The van der Waals surface area contributed by atoms with E-state index in [0.717, 1.165) is 31.3 Å². The first-order chi connectivity index (χ1) is 16.5. The molecule has 0 radical (unpaired) electrons. The van der Waals surface area contributed by atoms with Crippen LogP contribution in [0.4, 0.5) is 0 Å². The number of rotatable bonds is 11. The van der Waals surface area contributed by atoms with Crippen LogP contribution in [0.1, 0.15) is 41.8 Å². The number of halogens is 2. The standard InChI is InChI=1S/C26H26BrIN2O4/c1-3-13-33-22-11-7-20(8-12-22)26(31)30-29-16-19-14-23(28)25(24(15-19)32-4-2)34-17-18-5-9-21(27)10-6-18/h5-12,14-16H,3-4,13,17H2,1-2H3,(H,30,31)/b29-16+. The molecule has 0 bridgehead atoms. The Bertz CT molecular complexity index is 1120. The van der Waals surface area contributed by atoms with Crippen molar-refractivity contribution >= 4 is 50.6 Å². The first kappa shape index (κ1) is 26.0. The molecule has 0 saturated heterocycles. The van der Waals surface area contributed by atoms with Gasteiger partial charge in [-0.05, 0) is 95.6 Å². The third kappa shape index (κ3) is 7.73. The molecule has 0 aliphatic heterocycles. The Balaban J connectivity index is 1.65. The van der Waals surface area contributed by atoms with Crippen LogP contribution in [0, 0.1) is 3.57 Å². The predicted octanol–water partition coefficient (Wildman–Crippen LogP) is 6.58. The smallest absolute Gasteiger partial charge is 0.271 e. The van der Waals surface area contributed by atoms with Gasteiger partial charge in [0.15, 0.2) is 11.5 Å². The Morgan fingerprint density at radius 1 is 1.03 bits per heavy atom. The van der Waals surface area contributed by atoms with Crippen LogP contribution in [0.3, 0.4) is 0 Å². The normalized spacial score (nSPS) is 10.8. The van der Waals surface area contributed by atoms with Crippen molar-refractivity contribution in [3.05, 3.63) is 85.4 Å². The van der Waals surface area contributed by atoms with Crippen molar-refractivity contribution in [1.29, 1.82) is 0 Å². The van der Waals surface area contributed by atoms with Gasteiger partial charge in [0, 0.05) is 10.0 Å². The topological polar surface area (TPSA) is 69.2 Å². The van der Waals surface area contributed by atoms with Crippen molar-refractivity contribution in [2.75, 3.05) is 13.2 Å². The number of hydrogen-bond acceptors (Lipinski definition) is 5. The van der Waals surface area contributed by atoms with Crippen molar-refractivity contribution < 1.29 is 19.0 Å². The van der Waals surface area contributed by atoms with Gasteiger partial charge in [-0.3, -0.25) is 4.79 Å². The maximum Gasteiger partial charge on any atom is 0.271 e. The van der Waals surface area contributed by atoms with Crippen LogP contribution in [0.15, 0.2) is 70.2 Å². The first-order valence-corrected chi connectivity index (χ1v) is 12.8. The largest absolute Gasteiger partial charge is 0.494 e. The highest BCUT2D eigenvalue weighted by atomic mass is 127. The van der Waals surface area contributed by atoms with Gasteiger partial charge in [-0.25, -0.2) is 5.43 Å². The molecule has 3 aromatic carbocycles. The summed E-state index contributed by atoms with van der Waals surface area (Å²) in [7, 11) is 0. The number of amides is 1. The minimum atomic E-state index is -0.299. The van der Waals surface area contributed by atoms with Crippen molar-refractivity contribution in [2.24, 2.45) is 5.10 Å². The Morgan fingerprint density at radius 3 is 2.44 bits per heavy atom. The van der Waals surface area contributed by atoms with Crippen LogP contribution in [-0.4, -0.2) is 25.3 Å². The zero-order valence-corrected chi connectivity index (χ0v) is 22.8. The summed E-state index contributed by atoms with van der Waals surface area (Å²) < 4.78 is 19.3. The molecule has 1 N–H and O–H groups in total. The van der Waals surface area contributed by atoms with E-state index in [1.165, 1.54) is 0 Å². The van der Waals surface area contributed by atoms with Crippen molar-refractivity contribution in [3.8, 4) is 17.2 Å². The van der Waals surface area contributed by atoms with Gasteiger partial charge in [0.2, 0.25) is 0 Å². The summed E-state index contributed by atoms with van der Waals surface area (Å²) in [6, 6.07) is 18.7. The molecule has 178 valence electrons. The molecule has 0 aliphatic rings. The van der Waals surface area contributed by atoms with Crippen LogP contribution >= 0.6 is 38.5 Å². The Labute approximate surface area is 222 Å². The van der Waals surface area contributed by atoms with E-state index in [9.17, 15) is 4.79 Å². The van der Waals surface area contributed by atoms with Gasteiger partial charge in [-0.15, -0.1) is 0 Å². The van der Waals surface area contributed by atoms with Crippen LogP contribution < -0.4 is 19.6 Å². The molecule has 0 aliphatic carbocycles. The van der Waals surface area contributed by atoms with Crippen molar-refractivity contribution in [1.82, 2.24) is 5.43 Å². The van der Waals surface area contributed by atoms with E-state index < -0.39 is 0 Å². The zero-order chi connectivity index (χ0) is 24.3. The second-order valence-electron chi connectivity index (χ2n) is 7.25. The molecule has 0 aromatic heterocycles. The number of carbonyl (C=O) groups is 1. The lowest BCUT2D eigenvalue weighted by atomic mass is 10.2. The molecule has 34 heavy (non-hydrogen) atoms. The van der Waals surface area contributed by atoms with Gasteiger partial charge in [-0.2, -0.15) is 5.10 Å². The molecule has 0 spiro atoms. The second kappa shape index (κ2) is 13.3. The average molecular weight is 637 g/mol. The minimum absolute atomic E-state index is 0.299. The zero-order valence-electron chi connectivity index (χ0n) is 19.0. The van der Waals surface area contributed by atoms with E-state index in [-0.39, 0.29) is 5.91 Å². The third-order valence-electron chi connectivity index (χ3n) is 4.60. The van der Waals surface area contributed by atoms with Crippen LogP contribution in [0.5, 0.6) is 17.2 Å². The Hall–Kier alpha value is -2.59. The molecule has 0 unspecified atom stereocenters. The summed E-state index contributed by atoms with van der Waals surface area (Å²) in [6.07, 6.45) is 2.51. The van der Waals surface area contributed by atoms with Gasteiger partial charge in [0.05, 0.1) is 23.0 Å². The SMILES string of the molecule is CCCOc1ccc(C(=O)N/N=C/c2cc(I)c(OCc3ccc(Br)cc3)c(OCC)c2)cc1. The van der Waals surface area contributed by atoms with Crippen LogP contribution in [-0.2, 0) is 6.61 Å². The number of ether oxygens (including phenoxy) is 3. The van der Waals surface area contributed by atoms with E-state index in [4.69, 9.17) is 14.2 Å². The summed E-state index contributed by atoms with van der Waals surface area (Å²) in [5.41, 5.74) is 4.90. The molecule has 3 rings (SSSR count). The molecule has 1 amide bonds. The van der Waals surface area contributed by atoms with E-state index in [2.05, 4.69) is 49.0 Å². The fourth-order valence-corrected chi connectivity index (χ4v) is 4.00. The Morgan fingerprint density at radius 2 is 1.76 bits per heavy atom. The third-order valence-corrected chi connectivity index (χ3v) is 5.93. The molecule has 6 nitrogen and oxygen atoms in total. The first-order valence-electron chi connectivity index (χ1n) is 10.9. The van der Waals surface area contributed by atoms with Gasteiger partial charge >= 0.3 is 0 Å².